The Bertz CT molecular complexity index is 748. The van der Waals surface area contributed by atoms with Crippen molar-refractivity contribution in [2.75, 3.05) is 19.6 Å². The number of benzene rings is 1. The van der Waals surface area contributed by atoms with E-state index in [-0.39, 0.29) is 16.8 Å². The first-order valence-corrected chi connectivity index (χ1v) is 9.74. The molecule has 0 bridgehead atoms. The Morgan fingerprint density at radius 1 is 1.24 bits per heavy atom. The van der Waals surface area contributed by atoms with E-state index in [1.54, 1.807) is 4.57 Å². The number of likely N-dealkylation sites (tertiary alicyclic amines) is 1. The molecule has 0 aliphatic carbocycles. The van der Waals surface area contributed by atoms with E-state index in [1.165, 1.54) is 29.7 Å². The molecule has 1 unspecified atom stereocenters. The lowest BCUT2D eigenvalue weighted by molar-refractivity contribution is -0.121. The van der Waals surface area contributed by atoms with Gasteiger partial charge in [0.05, 0.1) is 6.04 Å². The van der Waals surface area contributed by atoms with Gasteiger partial charge in [-0.2, -0.15) is 0 Å². The number of nitrogens with zero attached hydrogens (tertiary/aromatic N) is 2. The summed E-state index contributed by atoms with van der Waals surface area (Å²) in [7, 11) is 0. The van der Waals surface area contributed by atoms with E-state index in [0.29, 0.717) is 19.5 Å². The Kier molecular flexibility index (Phi) is 6.04. The van der Waals surface area contributed by atoms with Gasteiger partial charge in [0, 0.05) is 30.6 Å². The number of rotatable bonds is 7. The van der Waals surface area contributed by atoms with Crippen LogP contribution in [0.1, 0.15) is 36.6 Å². The van der Waals surface area contributed by atoms with Gasteiger partial charge in [-0.3, -0.25) is 14.5 Å². The van der Waals surface area contributed by atoms with Crippen molar-refractivity contribution in [1.29, 1.82) is 0 Å². The minimum atomic E-state index is -0.00220. The normalized spacial score (nSPS) is 16.0. The highest BCUT2D eigenvalue weighted by atomic mass is 32.1. The van der Waals surface area contributed by atoms with Crippen LogP contribution in [0.15, 0.2) is 40.5 Å². The summed E-state index contributed by atoms with van der Waals surface area (Å²) in [6, 6.07) is 10.6. The van der Waals surface area contributed by atoms with Crippen molar-refractivity contribution in [2.24, 2.45) is 0 Å². The van der Waals surface area contributed by atoms with E-state index in [1.807, 2.05) is 30.5 Å². The fourth-order valence-electron chi connectivity index (χ4n) is 3.37. The molecule has 2 aromatic rings. The monoisotopic (exact) mass is 359 g/mol. The summed E-state index contributed by atoms with van der Waals surface area (Å²) in [5.41, 5.74) is 2.16. The zero-order chi connectivity index (χ0) is 17.6. The SMILES string of the molecule is Cc1csc(=O)n1CCC(=O)NCC(c1ccccc1)N1CCCC1. The standard InChI is InChI=1S/C19H25N3O2S/c1-15-14-25-19(24)22(15)12-9-18(23)20-13-17(21-10-5-6-11-21)16-7-3-2-4-8-16/h2-4,7-8,14,17H,5-6,9-13H2,1H3,(H,20,23). The predicted molar refractivity (Wildman–Crippen MR) is 101 cm³/mol. The van der Waals surface area contributed by atoms with Crippen LogP contribution in [-0.4, -0.2) is 35.0 Å². The highest BCUT2D eigenvalue weighted by molar-refractivity contribution is 7.07. The molecule has 1 saturated heterocycles. The Morgan fingerprint density at radius 2 is 1.96 bits per heavy atom. The second kappa shape index (κ2) is 8.45. The lowest BCUT2D eigenvalue weighted by Gasteiger charge is -2.28. The molecule has 2 heterocycles. The molecule has 0 radical (unpaired) electrons. The van der Waals surface area contributed by atoms with E-state index in [9.17, 15) is 9.59 Å². The molecule has 1 N–H and O–H groups in total. The van der Waals surface area contributed by atoms with Crippen LogP contribution in [0.25, 0.3) is 0 Å². The maximum Gasteiger partial charge on any atom is 0.307 e. The fraction of sp³-hybridized carbons (Fsp3) is 0.474. The molecule has 0 saturated carbocycles. The van der Waals surface area contributed by atoms with Crippen molar-refractivity contribution in [3.63, 3.8) is 0 Å². The first-order chi connectivity index (χ1) is 12.1. The van der Waals surface area contributed by atoms with Crippen LogP contribution in [0.5, 0.6) is 0 Å². The van der Waals surface area contributed by atoms with Crippen molar-refractivity contribution in [2.45, 2.75) is 38.8 Å². The lowest BCUT2D eigenvalue weighted by Crippen LogP contribution is -2.37. The van der Waals surface area contributed by atoms with Crippen LogP contribution in [-0.2, 0) is 11.3 Å². The van der Waals surface area contributed by atoms with Crippen LogP contribution in [0.4, 0.5) is 0 Å². The fourth-order valence-corrected chi connectivity index (χ4v) is 4.13. The third-order valence-corrected chi connectivity index (χ3v) is 5.68. The second-order valence-corrected chi connectivity index (χ2v) is 7.34. The molecule has 134 valence electrons. The Morgan fingerprint density at radius 3 is 2.60 bits per heavy atom. The third-order valence-electron chi connectivity index (χ3n) is 4.80. The van der Waals surface area contributed by atoms with Crippen LogP contribution in [0.3, 0.4) is 0 Å². The maximum atomic E-state index is 12.3. The number of aryl methyl sites for hydroxylation is 1. The summed E-state index contributed by atoms with van der Waals surface area (Å²) in [6.45, 7) is 5.12. The average Bonchev–Trinajstić information content (AvgIpc) is 3.25. The number of aromatic nitrogens is 1. The van der Waals surface area contributed by atoms with E-state index in [2.05, 4.69) is 22.3 Å². The molecule has 6 heteroatoms. The molecule has 3 rings (SSSR count). The number of hydrogen-bond acceptors (Lipinski definition) is 4. The Hall–Kier alpha value is -1.92. The smallest absolute Gasteiger partial charge is 0.307 e. The summed E-state index contributed by atoms with van der Waals surface area (Å²) < 4.78 is 1.67. The topological polar surface area (TPSA) is 54.3 Å². The summed E-state index contributed by atoms with van der Waals surface area (Å²) in [5.74, 6) is -0.00220. The number of carbonyl (C=O) groups excluding carboxylic acids is 1. The van der Waals surface area contributed by atoms with Gasteiger partial charge in [0.15, 0.2) is 0 Å². The van der Waals surface area contributed by atoms with Crippen molar-refractivity contribution in [3.8, 4) is 0 Å². The zero-order valence-electron chi connectivity index (χ0n) is 14.6. The molecule has 1 amide bonds. The molecule has 25 heavy (non-hydrogen) atoms. The molecule has 1 aliphatic rings. The summed E-state index contributed by atoms with van der Waals surface area (Å²) in [5, 5.41) is 4.90. The molecule has 1 aromatic carbocycles. The van der Waals surface area contributed by atoms with Gasteiger partial charge < -0.3 is 9.88 Å². The van der Waals surface area contributed by atoms with E-state index in [0.717, 1.165) is 18.8 Å². The van der Waals surface area contributed by atoms with Gasteiger partial charge in [0.2, 0.25) is 5.91 Å². The summed E-state index contributed by atoms with van der Waals surface area (Å²) >= 11 is 1.18. The summed E-state index contributed by atoms with van der Waals surface area (Å²) in [6.07, 6.45) is 2.77. The van der Waals surface area contributed by atoms with Crippen LogP contribution in [0, 0.1) is 6.92 Å². The number of thiazole rings is 1. The third kappa shape index (κ3) is 4.58. The van der Waals surface area contributed by atoms with Crippen LogP contribution in [0.2, 0.25) is 0 Å². The molecule has 1 aliphatic heterocycles. The largest absolute Gasteiger partial charge is 0.354 e. The van der Waals surface area contributed by atoms with Crippen molar-refractivity contribution >= 4 is 17.2 Å². The van der Waals surface area contributed by atoms with Gasteiger partial charge in [-0.25, -0.2) is 0 Å². The van der Waals surface area contributed by atoms with Gasteiger partial charge >= 0.3 is 4.87 Å². The minimum absolute atomic E-state index is 0.00220. The molecule has 1 aromatic heterocycles. The molecule has 1 fully saturated rings. The predicted octanol–water partition coefficient (Wildman–Crippen LogP) is 2.56. The highest BCUT2D eigenvalue weighted by Crippen LogP contribution is 2.24. The zero-order valence-corrected chi connectivity index (χ0v) is 15.4. The number of amides is 1. The molecule has 5 nitrogen and oxygen atoms in total. The van der Waals surface area contributed by atoms with Gasteiger partial charge in [-0.15, -0.1) is 0 Å². The van der Waals surface area contributed by atoms with Crippen LogP contribution >= 0.6 is 11.3 Å². The second-order valence-electron chi connectivity index (χ2n) is 6.52. The van der Waals surface area contributed by atoms with Gasteiger partial charge in [-0.1, -0.05) is 41.7 Å². The van der Waals surface area contributed by atoms with Gasteiger partial charge in [0.25, 0.3) is 0 Å². The van der Waals surface area contributed by atoms with Crippen molar-refractivity contribution in [3.05, 3.63) is 56.6 Å². The summed E-state index contributed by atoms with van der Waals surface area (Å²) in [4.78, 5) is 26.4. The molecule has 1 atom stereocenters. The van der Waals surface area contributed by atoms with E-state index < -0.39 is 0 Å². The van der Waals surface area contributed by atoms with E-state index in [4.69, 9.17) is 0 Å². The molecular weight excluding hydrogens is 334 g/mol. The number of carbonyl (C=O) groups is 1. The highest BCUT2D eigenvalue weighted by Gasteiger charge is 2.23. The maximum absolute atomic E-state index is 12.3. The first kappa shape index (κ1) is 17.9. The Balaban J connectivity index is 1.57. The van der Waals surface area contributed by atoms with Gasteiger partial charge in [-0.05, 0) is 38.4 Å². The number of nitrogens with one attached hydrogen (secondary N) is 1. The minimum Gasteiger partial charge on any atom is -0.354 e. The van der Waals surface area contributed by atoms with Crippen LogP contribution < -0.4 is 10.2 Å². The van der Waals surface area contributed by atoms with E-state index >= 15 is 0 Å². The molecule has 0 spiro atoms. The van der Waals surface area contributed by atoms with Gasteiger partial charge in [0.1, 0.15) is 0 Å². The number of hydrogen-bond donors (Lipinski definition) is 1. The van der Waals surface area contributed by atoms with Crippen molar-refractivity contribution in [1.82, 2.24) is 14.8 Å². The Labute approximate surface area is 152 Å². The van der Waals surface area contributed by atoms with Crippen molar-refractivity contribution < 1.29 is 4.79 Å². The average molecular weight is 359 g/mol. The lowest BCUT2D eigenvalue weighted by atomic mass is 10.1. The quantitative estimate of drug-likeness (QED) is 0.827. The molecular formula is C19H25N3O2S. The first-order valence-electron chi connectivity index (χ1n) is 8.86.